The molecule has 0 saturated heterocycles. The SMILES string of the molecule is c1ccc(-c2cccc3c2c2cc(-c4ccc5c(c4)c4ccc6ccccc6c4n5-c4ccc5c(c4)sc4ccccc45)ccc2n3-c2ccccc2)cc1. The van der Waals surface area contributed by atoms with Crippen LogP contribution in [0.4, 0.5) is 0 Å². The molecule has 0 radical (unpaired) electrons. The Balaban J connectivity index is 1.11. The Hall–Kier alpha value is -6.94. The van der Waals surface area contributed by atoms with Crippen LogP contribution in [-0.4, -0.2) is 9.13 Å². The Kier molecular flexibility index (Phi) is 6.54. The molecule has 3 aromatic heterocycles. The minimum absolute atomic E-state index is 1.16. The van der Waals surface area contributed by atoms with Gasteiger partial charge < -0.3 is 9.13 Å². The minimum atomic E-state index is 1.16. The summed E-state index contributed by atoms with van der Waals surface area (Å²) in [5.41, 5.74) is 12.1. The van der Waals surface area contributed by atoms with E-state index < -0.39 is 0 Å². The molecule has 0 atom stereocenters. The van der Waals surface area contributed by atoms with Gasteiger partial charge in [0.1, 0.15) is 0 Å². The number of rotatable bonds is 4. The third-order valence-corrected chi connectivity index (χ3v) is 12.6. The molecule has 0 saturated carbocycles. The van der Waals surface area contributed by atoms with E-state index in [1.165, 1.54) is 102 Å². The molecule has 0 aliphatic heterocycles. The summed E-state index contributed by atoms with van der Waals surface area (Å²) in [5, 5.41) is 10.2. The summed E-state index contributed by atoms with van der Waals surface area (Å²) < 4.78 is 7.54. The van der Waals surface area contributed by atoms with Crippen LogP contribution in [0.1, 0.15) is 0 Å². The Morgan fingerprint density at radius 1 is 0.327 bits per heavy atom. The molecule has 55 heavy (non-hydrogen) atoms. The zero-order valence-electron chi connectivity index (χ0n) is 29.8. The van der Waals surface area contributed by atoms with E-state index in [9.17, 15) is 0 Å². The molecule has 0 fully saturated rings. The van der Waals surface area contributed by atoms with Crippen molar-refractivity contribution in [2.45, 2.75) is 0 Å². The largest absolute Gasteiger partial charge is 0.309 e. The molecule has 0 unspecified atom stereocenters. The van der Waals surface area contributed by atoms with Crippen molar-refractivity contribution < 1.29 is 0 Å². The quantitative estimate of drug-likeness (QED) is 0.172. The van der Waals surface area contributed by atoms with E-state index in [2.05, 4.69) is 203 Å². The summed E-state index contributed by atoms with van der Waals surface area (Å²) in [6, 6.07) is 71.5. The van der Waals surface area contributed by atoms with Crippen LogP contribution in [-0.2, 0) is 0 Å². The maximum Gasteiger partial charge on any atom is 0.0619 e. The number of benzene rings is 9. The van der Waals surface area contributed by atoms with Crippen molar-refractivity contribution in [3.05, 3.63) is 194 Å². The zero-order chi connectivity index (χ0) is 36.0. The van der Waals surface area contributed by atoms with E-state index in [0.717, 1.165) is 5.69 Å². The first-order valence-electron chi connectivity index (χ1n) is 18.8. The van der Waals surface area contributed by atoms with Crippen LogP contribution in [0.25, 0.3) is 108 Å². The summed E-state index contributed by atoms with van der Waals surface area (Å²) in [6.07, 6.45) is 0. The van der Waals surface area contributed by atoms with Crippen molar-refractivity contribution in [2.75, 3.05) is 0 Å². The van der Waals surface area contributed by atoms with Gasteiger partial charge in [-0.1, -0.05) is 133 Å². The second-order valence-corrected chi connectivity index (χ2v) is 15.6. The predicted octanol–water partition coefficient (Wildman–Crippen LogP) is 14.7. The fourth-order valence-corrected chi connectivity index (χ4v) is 10.2. The Labute approximate surface area is 321 Å². The number of para-hydroxylation sites is 1. The molecule has 0 bridgehead atoms. The van der Waals surface area contributed by atoms with Crippen LogP contribution >= 0.6 is 11.3 Å². The third-order valence-electron chi connectivity index (χ3n) is 11.5. The summed E-state index contributed by atoms with van der Waals surface area (Å²) >= 11 is 1.87. The molecule has 9 aromatic carbocycles. The van der Waals surface area contributed by atoms with E-state index in [-0.39, 0.29) is 0 Å². The zero-order valence-corrected chi connectivity index (χ0v) is 30.6. The second-order valence-electron chi connectivity index (χ2n) is 14.5. The minimum Gasteiger partial charge on any atom is -0.309 e. The van der Waals surface area contributed by atoms with Crippen molar-refractivity contribution in [2.24, 2.45) is 0 Å². The predicted molar refractivity (Wildman–Crippen MR) is 236 cm³/mol. The molecule has 0 spiro atoms. The van der Waals surface area contributed by atoms with Crippen molar-refractivity contribution in [3.63, 3.8) is 0 Å². The first kappa shape index (κ1) is 30.5. The summed E-state index contributed by atoms with van der Waals surface area (Å²) in [4.78, 5) is 0. The molecule has 0 N–H and O–H groups in total. The highest BCUT2D eigenvalue weighted by molar-refractivity contribution is 7.25. The Morgan fingerprint density at radius 2 is 1.00 bits per heavy atom. The van der Waals surface area contributed by atoms with Crippen LogP contribution in [0.5, 0.6) is 0 Å². The first-order valence-corrected chi connectivity index (χ1v) is 19.7. The topological polar surface area (TPSA) is 9.86 Å². The molecule has 3 heterocycles. The van der Waals surface area contributed by atoms with Crippen LogP contribution in [0.2, 0.25) is 0 Å². The number of fused-ring (bicyclic) bond motifs is 11. The van der Waals surface area contributed by atoms with Gasteiger partial charge in [-0.3, -0.25) is 0 Å². The highest BCUT2D eigenvalue weighted by Gasteiger charge is 2.20. The van der Waals surface area contributed by atoms with Crippen LogP contribution < -0.4 is 0 Å². The molecule has 2 nitrogen and oxygen atoms in total. The molecular formula is C52H32N2S. The number of hydrogen-bond donors (Lipinski definition) is 0. The summed E-state index contributed by atoms with van der Waals surface area (Å²) in [7, 11) is 0. The van der Waals surface area contributed by atoms with E-state index in [0.29, 0.717) is 0 Å². The molecule has 3 heteroatoms. The van der Waals surface area contributed by atoms with Crippen LogP contribution in [0, 0.1) is 0 Å². The fraction of sp³-hybridized carbons (Fsp3) is 0. The highest BCUT2D eigenvalue weighted by Crippen LogP contribution is 2.43. The monoisotopic (exact) mass is 716 g/mol. The maximum absolute atomic E-state index is 2.49. The van der Waals surface area contributed by atoms with Gasteiger partial charge >= 0.3 is 0 Å². The molecular weight excluding hydrogens is 685 g/mol. The normalized spacial score (nSPS) is 12.0. The van der Waals surface area contributed by atoms with E-state index in [1.807, 2.05) is 11.3 Å². The average molecular weight is 717 g/mol. The van der Waals surface area contributed by atoms with Crippen molar-refractivity contribution in [1.29, 1.82) is 0 Å². The Bertz CT molecular complexity index is 3470. The molecule has 0 amide bonds. The van der Waals surface area contributed by atoms with Gasteiger partial charge in [0, 0.05) is 58.5 Å². The van der Waals surface area contributed by atoms with Gasteiger partial charge in [0.15, 0.2) is 0 Å². The molecule has 256 valence electrons. The van der Waals surface area contributed by atoms with Crippen molar-refractivity contribution in [3.8, 4) is 33.6 Å². The van der Waals surface area contributed by atoms with Gasteiger partial charge in [0.05, 0.1) is 22.1 Å². The number of thiophene rings is 1. The van der Waals surface area contributed by atoms with Gasteiger partial charge in [0.2, 0.25) is 0 Å². The Morgan fingerprint density at radius 3 is 1.84 bits per heavy atom. The summed E-state index contributed by atoms with van der Waals surface area (Å²) in [6.45, 7) is 0. The highest BCUT2D eigenvalue weighted by atomic mass is 32.1. The third kappa shape index (κ3) is 4.54. The second kappa shape index (κ2) is 11.8. The lowest BCUT2D eigenvalue weighted by molar-refractivity contribution is 1.18. The molecule has 12 rings (SSSR count). The van der Waals surface area contributed by atoms with Crippen molar-refractivity contribution >= 4 is 85.9 Å². The van der Waals surface area contributed by atoms with Gasteiger partial charge in [-0.25, -0.2) is 0 Å². The smallest absolute Gasteiger partial charge is 0.0619 e. The van der Waals surface area contributed by atoms with E-state index >= 15 is 0 Å². The average Bonchev–Trinajstić information content (AvgIpc) is 3.91. The van der Waals surface area contributed by atoms with E-state index in [4.69, 9.17) is 0 Å². The lowest BCUT2D eigenvalue weighted by Crippen LogP contribution is -1.94. The van der Waals surface area contributed by atoms with Gasteiger partial charge in [-0.2, -0.15) is 0 Å². The first-order chi connectivity index (χ1) is 27.3. The van der Waals surface area contributed by atoms with Crippen molar-refractivity contribution in [1.82, 2.24) is 9.13 Å². The maximum atomic E-state index is 2.49. The lowest BCUT2D eigenvalue weighted by atomic mass is 9.97. The number of aromatic nitrogens is 2. The number of hydrogen-bond acceptors (Lipinski definition) is 1. The van der Waals surface area contributed by atoms with Gasteiger partial charge in [-0.15, -0.1) is 11.3 Å². The van der Waals surface area contributed by atoms with Crippen LogP contribution in [0.3, 0.4) is 0 Å². The molecule has 0 aliphatic carbocycles. The molecule has 0 aliphatic rings. The van der Waals surface area contributed by atoms with E-state index in [1.54, 1.807) is 0 Å². The summed E-state index contributed by atoms with van der Waals surface area (Å²) in [5.74, 6) is 0. The molecule has 12 aromatic rings. The fourth-order valence-electron chi connectivity index (χ4n) is 9.05. The standard InChI is InChI=1S/C52H32N2S/c1-3-12-33(13-4-1)39-19-11-20-48-51(39)45-31-36(24-29-47(45)53(48)37-15-5-2-6-16-37)35-23-28-46-44(30-35)43-26-22-34-14-7-8-17-40(34)52(43)54(46)38-25-27-42-41-18-9-10-21-49(41)55-50(42)32-38/h1-32H. The lowest BCUT2D eigenvalue weighted by Gasteiger charge is -2.11. The van der Waals surface area contributed by atoms with Gasteiger partial charge in [-0.05, 0) is 88.3 Å². The number of nitrogens with zero attached hydrogens (tertiary/aromatic N) is 2. The van der Waals surface area contributed by atoms with Gasteiger partial charge in [0.25, 0.3) is 0 Å². The van der Waals surface area contributed by atoms with Crippen LogP contribution in [0.15, 0.2) is 194 Å².